The molecule has 2 saturated heterocycles. The quantitative estimate of drug-likeness (QED) is 0.927. The largest absolute Gasteiger partial charge is 0.322 e. The summed E-state index contributed by atoms with van der Waals surface area (Å²) in [7, 11) is 0. The smallest absolute Gasteiger partial charge is 0.318 e. The Kier molecular flexibility index (Phi) is 3.32. The van der Waals surface area contributed by atoms with E-state index in [0.717, 1.165) is 42.1 Å². The van der Waals surface area contributed by atoms with Crippen LogP contribution in [-0.4, -0.2) is 38.0 Å². The van der Waals surface area contributed by atoms with E-state index < -0.39 is 0 Å². The molecule has 0 saturated carbocycles. The molecule has 3 heterocycles. The Balaban J connectivity index is 1.51. The van der Waals surface area contributed by atoms with Gasteiger partial charge in [-0.05, 0) is 49.8 Å². The second-order valence-corrected chi connectivity index (χ2v) is 6.81. The highest BCUT2D eigenvalue weighted by Crippen LogP contribution is 2.41. The van der Waals surface area contributed by atoms with Crippen molar-refractivity contribution in [3.8, 4) is 5.69 Å². The van der Waals surface area contributed by atoms with Crippen molar-refractivity contribution in [3.63, 3.8) is 0 Å². The summed E-state index contributed by atoms with van der Waals surface area (Å²) in [5, 5.41) is 10.9. The first-order valence-corrected chi connectivity index (χ1v) is 8.18. The summed E-state index contributed by atoms with van der Waals surface area (Å²) < 4.78 is 1.71. The molecule has 6 nitrogen and oxygen atoms in total. The Morgan fingerprint density at radius 3 is 2.74 bits per heavy atom. The monoisotopic (exact) mass is 311 g/mol. The summed E-state index contributed by atoms with van der Waals surface area (Å²) in [6.45, 7) is 4.29. The summed E-state index contributed by atoms with van der Waals surface area (Å²) in [4.78, 5) is 14.6. The summed E-state index contributed by atoms with van der Waals surface area (Å²) in [5.74, 6) is 0.737. The maximum atomic E-state index is 12.6. The molecule has 2 atom stereocenters. The van der Waals surface area contributed by atoms with Gasteiger partial charge in [0.1, 0.15) is 0 Å². The lowest BCUT2D eigenvalue weighted by atomic mass is 9.74. The zero-order chi connectivity index (χ0) is 16.0. The zero-order valence-corrected chi connectivity index (χ0v) is 13.4. The van der Waals surface area contributed by atoms with Crippen molar-refractivity contribution in [2.45, 2.75) is 45.2 Å². The molecule has 1 N–H and O–H groups in total. The van der Waals surface area contributed by atoms with Crippen molar-refractivity contribution in [2.24, 2.45) is 5.92 Å². The molecule has 2 fully saturated rings. The summed E-state index contributed by atoms with van der Waals surface area (Å²) in [6, 6.07) is 6.73. The fourth-order valence-electron chi connectivity index (χ4n) is 3.94. The molecule has 2 aromatic rings. The standard InChI is InChI=1S/C17H21N5O/c1-11-7-14-10-15(8-11)22(14)17(23)19-13-4-3-12(2)16(9-13)21-6-5-18-20-21/h3-6,9,11,14-15H,7-8,10H2,1-2H3,(H,19,23). The average Bonchev–Trinajstić information content (AvgIpc) is 3.02. The lowest BCUT2D eigenvalue weighted by Gasteiger charge is -2.54. The topological polar surface area (TPSA) is 63.1 Å². The van der Waals surface area contributed by atoms with Crippen molar-refractivity contribution in [1.29, 1.82) is 0 Å². The molecule has 2 bridgehead atoms. The molecule has 2 amide bonds. The Bertz CT molecular complexity index is 715. The first-order valence-electron chi connectivity index (χ1n) is 8.18. The van der Waals surface area contributed by atoms with Crippen LogP contribution in [0.5, 0.6) is 0 Å². The third-order valence-electron chi connectivity index (χ3n) is 5.04. The van der Waals surface area contributed by atoms with Crippen molar-refractivity contribution in [1.82, 2.24) is 19.9 Å². The number of amides is 2. The van der Waals surface area contributed by atoms with Gasteiger partial charge in [0.25, 0.3) is 0 Å². The van der Waals surface area contributed by atoms with E-state index in [0.29, 0.717) is 12.1 Å². The summed E-state index contributed by atoms with van der Waals surface area (Å²) in [5.41, 5.74) is 2.81. The maximum Gasteiger partial charge on any atom is 0.322 e. The van der Waals surface area contributed by atoms with Gasteiger partial charge in [-0.15, -0.1) is 5.10 Å². The van der Waals surface area contributed by atoms with Crippen LogP contribution in [0, 0.1) is 12.8 Å². The minimum atomic E-state index is 0.0199. The molecular weight excluding hydrogens is 290 g/mol. The van der Waals surface area contributed by atoms with Gasteiger partial charge in [0.15, 0.2) is 0 Å². The van der Waals surface area contributed by atoms with Crippen molar-refractivity contribution >= 4 is 11.7 Å². The first-order chi connectivity index (χ1) is 11.1. The lowest BCUT2D eigenvalue weighted by molar-refractivity contribution is -0.00600. The Morgan fingerprint density at radius 2 is 2.04 bits per heavy atom. The number of anilines is 1. The Morgan fingerprint density at radius 1 is 1.26 bits per heavy atom. The molecule has 120 valence electrons. The van der Waals surface area contributed by atoms with E-state index in [2.05, 4.69) is 22.6 Å². The van der Waals surface area contributed by atoms with Gasteiger partial charge in [-0.25, -0.2) is 9.48 Å². The van der Waals surface area contributed by atoms with Crippen LogP contribution in [0.1, 0.15) is 31.7 Å². The molecule has 0 radical (unpaired) electrons. The number of hydrogen-bond donors (Lipinski definition) is 1. The number of piperidine rings is 1. The van der Waals surface area contributed by atoms with Gasteiger partial charge in [-0.3, -0.25) is 0 Å². The van der Waals surface area contributed by atoms with Gasteiger partial charge in [0, 0.05) is 17.8 Å². The molecule has 2 unspecified atom stereocenters. The van der Waals surface area contributed by atoms with E-state index in [9.17, 15) is 4.79 Å². The number of aromatic nitrogens is 3. The average molecular weight is 311 g/mol. The van der Waals surface area contributed by atoms with E-state index in [4.69, 9.17) is 0 Å². The van der Waals surface area contributed by atoms with Crippen LogP contribution in [0.15, 0.2) is 30.6 Å². The minimum absolute atomic E-state index is 0.0199. The van der Waals surface area contributed by atoms with Crippen LogP contribution in [0.4, 0.5) is 10.5 Å². The number of rotatable bonds is 2. The molecule has 1 aromatic carbocycles. The SMILES string of the molecule is Cc1ccc(NC(=O)N2C3CC(C)CC2C3)cc1-n1ccnn1. The molecule has 2 aliphatic rings. The van der Waals surface area contributed by atoms with E-state index >= 15 is 0 Å². The van der Waals surface area contributed by atoms with Crippen LogP contribution in [-0.2, 0) is 0 Å². The third kappa shape index (κ3) is 2.48. The molecule has 23 heavy (non-hydrogen) atoms. The van der Waals surface area contributed by atoms with Gasteiger partial charge < -0.3 is 10.2 Å². The predicted octanol–water partition coefficient (Wildman–Crippen LogP) is 2.98. The van der Waals surface area contributed by atoms with Gasteiger partial charge >= 0.3 is 6.03 Å². The number of nitrogens with zero attached hydrogens (tertiary/aromatic N) is 4. The first kappa shape index (κ1) is 14.2. The molecule has 6 heteroatoms. The van der Waals surface area contributed by atoms with Gasteiger partial charge in [-0.1, -0.05) is 18.2 Å². The molecule has 0 aliphatic carbocycles. The minimum Gasteiger partial charge on any atom is -0.318 e. The van der Waals surface area contributed by atoms with E-state index in [1.165, 1.54) is 0 Å². The van der Waals surface area contributed by atoms with Crippen LogP contribution in [0.3, 0.4) is 0 Å². The maximum absolute atomic E-state index is 12.6. The van der Waals surface area contributed by atoms with E-state index in [-0.39, 0.29) is 6.03 Å². The Labute approximate surface area is 135 Å². The lowest BCUT2D eigenvalue weighted by Crippen LogP contribution is -2.63. The Hall–Kier alpha value is -2.37. The number of nitrogens with one attached hydrogen (secondary N) is 1. The fourth-order valence-corrected chi connectivity index (χ4v) is 3.94. The van der Waals surface area contributed by atoms with Crippen LogP contribution < -0.4 is 5.32 Å². The molecule has 0 spiro atoms. The van der Waals surface area contributed by atoms with E-state index in [1.807, 2.05) is 30.0 Å². The van der Waals surface area contributed by atoms with Crippen LogP contribution >= 0.6 is 0 Å². The highest BCUT2D eigenvalue weighted by atomic mass is 16.2. The van der Waals surface area contributed by atoms with Gasteiger partial charge in [0.2, 0.25) is 0 Å². The summed E-state index contributed by atoms with van der Waals surface area (Å²) in [6.07, 6.45) is 6.86. The highest BCUT2D eigenvalue weighted by molar-refractivity contribution is 5.90. The molecular formula is C17H21N5O. The molecule has 4 rings (SSSR count). The highest BCUT2D eigenvalue weighted by Gasteiger charge is 2.46. The molecule has 2 aliphatic heterocycles. The number of carbonyl (C=O) groups is 1. The third-order valence-corrected chi connectivity index (χ3v) is 5.04. The van der Waals surface area contributed by atoms with Crippen LogP contribution in [0.2, 0.25) is 0 Å². The number of carbonyl (C=O) groups excluding carboxylic acids is 1. The predicted molar refractivity (Wildman–Crippen MR) is 87.5 cm³/mol. The van der Waals surface area contributed by atoms with E-state index in [1.54, 1.807) is 17.1 Å². The zero-order valence-electron chi connectivity index (χ0n) is 13.4. The van der Waals surface area contributed by atoms with Crippen LogP contribution in [0.25, 0.3) is 5.69 Å². The number of aryl methyl sites for hydroxylation is 1. The number of benzene rings is 1. The fraction of sp³-hybridized carbons (Fsp3) is 0.471. The summed E-state index contributed by atoms with van der Waals surface area (Å²) >= 11 is 0. The second-order valence-electron chi connectivity index (χ2n) is 6.81. The van der Waals surface area contributed by atoms with Crippen molar-refractivity contribution in [2.75, 3.05) is 5.32 Å². The van der Waals surface area contributed by atoms with Crippen molar-refractivity contribution < 1.29 is 4.79 Å². The number of fused-ring (bicyclic) bond motifs is 2. The molecule has 1 aromatic heterocycles. The van der Waals surface area contributed by atoms with Crippen molar-refractivity contribution in [3.05, 3.63) is 36.2 Å². The normalized spacial score (nSPS) is 25.8. The number of urea groups is 1. The second kappa shape index (κ2) is 5.37. The van der Waals surface area contributed by atoms with Gasteiger partial charge in [0.05, 0.1) is 18.1 Å². The number of hydrogen-bond acceptors (Lipinski definition) is 3. The van der Waals surface area contributed by atoms with Gasteiger partial charge in [-0.2, -0.15) is 0 Å².